The Morgan fingerprint density at radius 3 is 1.01 bits per heavy atom. The molecule has 0 aliphatic heterocycles. The number of hydrogen-bond acceptors (Lipinski definition) is 4. The molecule has 0 aliphatic carbocycles. The predicted octanol–water partition coefficient (Wildman–Crippen LogP) is 19.3. The maximum absolute atomic E-state index is 6.90. The quantitative estimate of drug-likeness (QED) is 0.144. The minimum Gasteiger partial charge on any atom is -0.454 e. The molecule has 0 saturated heterocycles. The van der Waals surface area contributed by atoms with Gasteiger partial charge >= 0.3 is 0 Å². The number of anilines is 6. The monoisotopic (exact) mass is 904 g/mol. The van der Waals surface area contributed by atoms with Crippen molar-refractivity contribution in [1.82, 2.24) is 0 Å². The van der Waals surface area contributed by atoms with Gasteiger partial charge < -0.3 is 18.6 Å². The molecule has 0 N–H and O–H groups in total. The van der Waals surface area contributed by atoms with Gasteiger partial charge in [-0.1, -0.05) is 133 Å². The fourth-order valence-electron chi connectivity index (χ4n) is 10.9. The minimum atomic E-state index is 0.862. The van der Waals surface area contributed by atoms with Crippen molar-refractivity contribution in [3.63, 3.8) is 0 Å². The summed E-state index contributed by atoms with van der Waals surface area (Å²) in [7, 11) is 0. The number of fused-ring (bicyclic) bond motifs is 6. The molecule has 12 rings (SSSR count). The van der Waals surface area contributed by atoms with E-state index in [9.17, 15) is 0 Å². The molecular formula is C66H52N2O2. The zero-order chi connectivity index (χ0) is 47.6. The summed E-state index contributed by atoms with van der Waals surface area (Å²) in [5.74, 6) is 0. The molecule has 0 unspecified atom stereocenters. The second-order valence-electron chi connectivity index (χ2n) is 18.8. The van der Waals surface area contributed by atoms with Crippen LogP contribution in [0.4, 0.5) is 34.1 Å². The lowest BCUT2D eigenvalue weighted by Crippen LogP contribution is -2.13. The van der Waals surface area contributed by atoms with Crippen LogP contribution in [0.25, 0.3) is 77.3 Å². The summed E-state index contributed by atoms with van der Waals surface area (Å²) < 4.78 is 13.8. The molecule has 12 aromatic rings. The molecule has 0 radical (unpaired) electrons. The van der Waals surface area contributed by atoms with E-state index >= 15 is 0 Å². The summed E-state index contributed by atoms with van der Waals surface area (Å²) in [5.41, 5.74) is 24.1. The van der Waals surface area contributed by atoms with E-state index in [2.05, 4.69) is 258 Å². The van der Waals surface area contributed by atoms with Gasteiger partial charge in [0.05, 0.1) is 11.4 Å². The van der Waals surface area contributed by atoms with Gasteiger partial charge in [0, 0.05) is 44.3 Å². The fourth-order valence-corrected chi connectivity index (χ4v) is 10.9. The van der Waals surface area contributed by atoms with Gasteiger partial charge in [0.15, 0.2) is 11.2 Å². The highest BCUT2D eigenvalue weighted by molar-refractivity contribution is 6.12. The van der Waals surface area contributed by atoms with Crippen molar-refractivity contribution in [2.45, 2.75) is 41.5 Å². The van der Waals surface area contributed by atoms with E-state index in [4.69, 9.17) is 8.83 Å². The minimum absolute atomic E-state index is 0.862. The highest BCUT2D eigenvalue weighted by atomic mass is 16.3. The van der Waals surface area contributed by atoms with Crippen LogP contribution in [-0.2, 0) is 0 Å². The number of rotatable bonds is 9. The van der Waals surface area contributed by atoms with E-state index in [1.807, 2.05) is 0 Å². The van der Waals surface area contributed by atoms with Crippen molar-refractivity contribution < 1.29 is 8.83 Å². The van der Waals surface area contributed by atoms with Crippen molar-refractivity contribution in [2.24, 2.45) is 0 Å². The summed E-state index contributed by atoms with van der Waals surface area (Å²) in [4.78, 5) is 4.76. The number of furan rings is 2. The van der Waals surface area contributed by atoms with Crippen molar-refractivity contribution in [3.8, 4) is 33.4 Å². The van der Waals surface area contributed by atoms with Gasteiger partial charge in [-0.15, -0.1) is 0 Å². The third-order valence-electron chi connectivity index (χ3n) is 14.2. The first-order valence-corrected chi connectivity index (χ1v) is 24.2. The van der Waals surface area contributed by atoms with Gasteiger partial charge in [-0.2, -0.15) is 0 Å². The van der Waals surface area contributed by atoms with Crippen molar-refractivity contribution in [3.05, 3.63) is 240 Å². The number of benzene rings is 10. The Kier molecular flexibility index (Phi) is 10.5. The summed E-state index contributed by atoms with van der Waals surface area (Å²) in [5, 5.41) is 4.39. The number of nitrogens with zero attached hydrogens (tertiary/aromatic N) is 2. The third-order valence-corrected chi connectivity index (χ3v) is 14.2. The molecule has 2 heterocycles. The largest absolute Gasteiger partial charge is 0.454 e. The first-order chi connectivity index (χ1) is 34.2. The molecule has 338 valence electrons. The maximum Gasteiger partial charge on any atom is 0.159 e. The predicted molar refractivity (Wildman–Crippen MR) is 295 cm³/mol. The normalized spacial score (nSPS) is 11.6. The molecule has 0 bridgehead atoms. The van der Waals surface area contributed by atoms with Gasteiger partial charge in [-0.25, -0.2) is 0 Å². The second kappa shape index (κ2) is 17.2. The van der Waals surface area contributed by atoms with Crippen molar-refractivity contribution >= 4 is 78.0 Å². The molecule has 4 heteroatoms. The van der Waals surface area contributed by atoms with Crippen LogP contribution >= 0.6 is 0 Å². The molecule has 0 amide bonds. The van der Waals surface area contributed by atoms with Crippen LogP contribution in [0.15, 0.2) is 215 Å². The average molecular weight is 905 g/mol. The summed E-state index contributed by atoms with van der Waals surface area (Å²) in [6.45, 7) is 13.4. The van der Waals surface area contributed by atoms with Gasteiger partial charge in [0.1, 0.15) is 11.2 Å². The number of para-hydroxylation sites is 4. The van der Waals surface area contributed by atoms with Crippen LogP contribution in [0.1, 0.15) is 33.4 Å². The lowest BCUT2D eigenvalue weighted by molar-refractivity contribution is 0.669. The maximum atomic E-state index is 6.90. The second-order valence-corrected chi connectivity index (χ2v) is 18.8. The lowest BCUT2D eigenvalue weighted by atomic mass is 9.88. The number of aryl methyl sites for hydroxylation is 6. The summed E-state index contributed by atoms with van der Waals surface area (Å²) in [6, 6.07) is 73.8. The Bertz CT molecular complexity index is 3670. The van der Waals surface area contributed by atoms with Crippen LogP contribution < -0.4 is 9.80 Å². The van der Waals surface area contributed by atoms with E-state index in [-0.39, 0.29) is 0 Å². The topological polar surface area (TPSA) is 32.8 Å². The van der Waals surface area contributed by atoms with Gasteiger partial charge in [0.25, 0.3) is 0 Å². The first kappa shape index (κ1) is 42.7. The molecular weight excluding hydrogens is 853 g/mol. The Morgan fingerprint density at radius 1 is 0.271 bits per heavy atom. The Morgan fingerprint density at radius 2 is 0.629 bits per heavy atom. The SMILES string of the molecule is Cc1ccccc1N(c1cc(C)c(-c2c(C)cc(N(c3ccccc3C)c3cccc4c3oc3cc(-c5ccccc5)ccc34)cc2C)c(C)c1)c1cccc2c1oc1cc(-c3ccccc3)ccc12. The zero-order valence-electron chi connectivity index (χ0n) is 40.3. The Hall–Kier alpha value is -8.60. The third kappa shape index (κ3) is 7.23. The molecule has 0 saturated carbocycles. The van der Waals surface area contributed by atoms with Crippen LogP contribution in [0, 0.1) is 41.5 Å². The van der Waals surface area contributed by atoms with E-state index in [1.54, 1.807) is 0 Å². The summed E-state index contributed by atoms with van der Waals surface area (Å²) >= 11 is 0. The van der Waals surface area contributed by atoms with Gasteiger partial charge in [-0.05, 0) is 181 Å². The average Bonchev–Trinajstić information content (AvgIpc) is 3.95. The smallest absolute Gasteiger partial charge is 0.159 e. The lowest BCUT2D eigenvalue weighted by Gasteiger charge is -2.30. The Labute approximate surface area is 409 Å². The molecule has 10 aromatic carbocycles. The van der Waals surface area contributed by atoms with Crippen molar-refractivity contribution in [2.75, 3.05) is 9.80 Å². The zero-order valence-corrected chi connectivity index (χ0v) is 40.3. The fraction of sp³-hybridized carbons (Fsp3) is 0.0909. The molecule has 0 aliphatic rings. The molecule has 4 nitrogen and oxygen atoms in total. The first-order valence-electron chi connectivity index (χ1n) is 24.2. The van der Waals surface area contributed by atoms with Crippen LogP contribution in [-0.4, -0.2) is 0 Å². The molecule has 0 fully saturated rings. The van der Waals surface area contributed by atoms with Gasteiger partial charge in [0.2, 0.25) is 0 Å². The van der Waals surface area contributed by atoms with E-state index in [0.717, 1.165) is 89.1 Å². The number of hydrogen-bond donors (Lipinski definition) is 0. The Balaban J connectivity index is 0.974. The summed E-state index contributed by atoms with van der Waals surface area (Å²) in [6.07, 6.45) is 0. The van der Waals surface area contributed by atoms with Crippen molar-refractivity contribution in [1.29, 1.82) is 0 Å². The van der Waals surface area contributed by atoms with Crippen LogP contribution in [0.3, 0.4) is 0 Å². The highest BCUT2D eigenvalue weighted by Gasteiger charge is 2.25. The highest BCUT2D eigenvalue weighted by Crippen LogP contribution is 2.48. The molecule has 0 spiro atoms. The molecule has 2 aromatic heterocycles. The standard InChI is InChI=1S/C66H52N2O2/c1-41-19-13-15-27-57(41)67(59-29-17-25-55-53-33-31-49(39-61(53)69-65(55)59)47-21-9-7-10-22-47)51-35-43(3)63(44(4)36-51)64-45(5)37-52(38-46(64)6)68(58-28-16-14-20-42(58)2)60-30-18-26-56-54-34-32-50(40-62(54)70-66(56)60)48-23-11-8-12-24-48/h7-40H,1-6H3. The van der Waals surface area contributed by atoms with Crippen LogP contribution in [0.2, 0.25) is 0 Å². The molecule has 0 atom stereocenters. The van der Waals surface area contributed by atoms with E-state index < -0.39 is 0 Å². The molecule has 70 heavy (non-hydrogen) atoms. The van der Waals surface area contributed by atoms with Gasteiger partial charge in [-0.3, -0.25) is 0 Å². The van der Waals surface area contributed by atoms with E-state index in [0.29, 0.717) is 0 Å². The van der Waals surface area contributed by atoms with Crippen LogP contribution in [0.5, 0.6) is 0 Å². The van der Waals surface area contributed by atoms with E-state index in [1.165, 1.54) is 55.6 Å².